The summed E-state index contributed by atoms with van der Waals surface area (Å²) in [4.78, 5) is 8.69. The Balaban J connectivity index is -0.000000498. The van der Waals surface area contributed by atoms with Crippen molar-refractivity contribution in [1.82, 2.24) is 4.72 Å². The van der Waals surface area contributed by atoms with Gasteiger partial charge >= 0.3 is 0 Å². The highest BCUT2D eigenvalue weighted by molar-refractivity contribution is 7.89. The van der Waals surface area contributed by atoms with E-state index in [9.17, 15) is 8.42 Å². The predicted octanol–water partition coefficient (Wildman–Crippen LogP) is 3.88. The molecule has 1 aromatic carbocycles. The number of nitrogens with zero attached hydrogens (tertiary/aromatic N) is 1. The van der Waals surface area contributed by atoms with Crippen LogP contribution in [-0.2, 0) is 16.4 Å². The van der Waals surface area contributed by atoms with Crippen molar-refractivity contribution in [2.75, 3.05) is 7.05 Å². The molecule has 0 saturated carbocycles. The first-order valence-electron chi connectivity index (χ1n) is 7.19. The summed E-state index contributed by atoms with van der Waals surface area (Å²) < 4.78 is 26.9. The van der Waals surface area contributed by atoms with Crippen LogP contribution in [-0.4, -0.2) is 25.9 Å². The van der Waals surface area contributed by atoms with E-state index in [1.54, 1.807) is 12.1 Å². The molecule has 1 aromatic rings. The molecule has 23 heavy (non-hydrogen) atoms. The maximum Gasteiger partial charge on any atom is 0.241 e. The fourth-order valence-corrected chi connectivity index (χ4v) is 3.25. The van der Waals surface area contributed by atoms with Gasteiger partial charge in [-0.05, 0) is 38.8 Å². The predicted molar refractivity (Wildman–Crippen MR) is 96.9 cm³/mol. The first kappa shape index (κ1) is 26.4. The summed E-state index contributed by atoms with van der Waals surface area (Å²) in [5, 5.41) is 8.81. The van der Waals surface area contributed by atoms with E-state index in [0.29, 0.717) is 11.3 Å². The zero-order valence-electron chi connectivity index (χ0n) is 14.5. The SMILES string of the molecule is C.CC.CCc1ccccc1S(=O)(=O)NC(C)(C)C.C[N+](=O)[O-]. The lowest BCUT2D eigenvalue weighted by Crippen LogP contribution is -2.40. The Kier molecular flexibility index (Phi) is 13.8. The lowest BCUT2D eigenvalue weighted by atomic mass is 10.1. The van der Waals surface area contributed by atoms with Gasteiger partial charge in [0, 0.05) is 10.5 Å². The van der Waals surface area contributed by atoms with Crippen LogP contribution in [0.1, 0.15) is 54.5 Å². The van der Waals surface area contributed by atoms with Gasteiger partial charge in [-0.25, -0.2) is 13.1 Å². The summed E-state index contributed by atoms with van der Waals surface area (Å²) in [6.45, 7) is 11.4. The molecule has 0 radical (unpaired) electrons. The smallest absolute Gasteiger partial charge is 0.241 e. The van der Waals surface area contributed by atoms with Crippen LogP contribution in [0.5, 0.6) is 0 Å². The van der Waals surface area contributed by atoms with Gasteiger partial charge in [0.25, 0.3) is 0 Å². The Bertz CT molecular complexity index is 545. The Morgan fingerprint density at radius 3 is 1.91 bits per heavy atom. The summed E-state index contributed by atoms with van der Waals surface area (Å²) in [6.07, 6.45) is 0.710. The monoisotopic (exact) mass is 348 g/mol. The average Bonchev–Trinajstić information content (AvgIpc) is 2.37. The van der Waals surface area contributed by atoms with Crippen molar-refractivity contribution in [1.29, 1.82) is 0 Å². The number of aryl methyl sites for hydroxylation is 1. The summed E-state index contributed by atoms with van der Waals surface area (Å²) in [7, 11) is -2.52. The Morgan fingerprint density at radius 2 is 1.57 bits per heavy atom. The molecule has 0 saturated heterocycles. The molecule has 0 aliphatic carbocycles. The quantitative estimate of drug-likeness (QED) is 0.663. The van der Waals surface area contributed by atoms with E-state index in [1.807, 2.05) is 53.7 Å². The molecule has 0 aliphatic heterocycles. The zero-order valence-corrected chi connectivity index (χ0v) is 15.3. The molecule has 1 rings (SSSR count). The molecule has 136 valence electrons. The molecule has 0 aliphatic rings. The molecule has 0 fully saturated rings. The van der Waals surface area contributed by atoms with Crippen LogP contribution in [0.2, 0.25) is 0 Å². The van der Waals surface area contributed by atoms with Crippen LogP contribution < -0.4 is 4.72 Å². The second-order valence-corrected chi connectivity index (χ2v) is 6.91. The van der Waals surface area contributed by atoms with Gasteiger partial charge in [-0.3, -0.25) is 10.1 Å². The molecular formula is C16H32N2O4S. The number of benzene rings is 1. The minimum atomic E-state index is -3.41. The van der Waals surface area contributed by atoms with Gasteiger partial charge in [0.2, 0.25) is 10.0 Å². The van der Waals surface area contributed by atoms with Crippen molar-refractivity contribution in [3.8, 4) is 0 Å². The van der Waals surface area contributed by atoms with E-state index >= 15 is 0 Å². The molecule has 1 N–H and O–H groups in total. The van der Waals surface area contributed by atoms with Crippen LogP contribution >= 0.6 is 0 Å². The Hall–Kier alpha value is -1.47. The Labute approximate surface area is 141 Å². The van der Waals surface area contributed by atoms with Crippen molar-refractivity contribution in [3.05, 3.63) is 39.9 Å². The first-order valence-corrected chi connectivity index (χ1v) is 8.68. The maximum atomic E-state index is 12.1. The van der Waals surface area contributed by atoms with E-state index in [2.05, 4.69) is 4.72 Å². The van der Waals surface area contributed by atoms with Crippen molar-refractivity contribution in [3.63, 3.8) is 0 Å². The van der Waals surface area contributed by atoms with Gasteiger partial charge in [0.05, 0.1) is 4.90 Å². The fraction of sp³-hybridized carbons (Fsp3) is 0.625. The second-order valence-electron chi connectivity index (χ2n) is 5.26. The van der Waals surface area contributed by atoms with Crippen molar-refractivity contribution in [2.45, 2.75) is 65.8 Å². The third-order valence-corrected chi connectivity index (χ3v) is 3.94. The fourth-order valence-electron chi connectivity index (χ4n) is 1.52. The average molecular weight is 349 g/mol. The van der Waals surface area contributed by atoms with Gasteiger partial charge in [0.15, 0.2) is 7.05 Å². The van der Waals surface area contributed by atoms with Crippen molar-refractivity contribution < 1.29 is 13.3 Å². The van der Waals surface area contributed by atoms with Crippen molar-refractivity contribution >= 4 is 10.0 Å². The standard InChI is InChI=1S/C12H19NO2S.C2H6.CH3NO2.CH4/c1-5-10-8-6-7-9-11(10)16(14,15)13-12(2,3)4;1-2;1-2(3)4;/h6-9,13H,5H2,1-4H3;1-2H3;1H3;1H4. The number of hydrogen-bond donors (Lipinski definition) is 1. The molecule has 0 spiro atoms. The summed E-state index contributed by atoms with van der Waals surface area (Å²) in [5.41, 5.74) is 0.388. The number of nitrogens with one attached hydrogen (secondary N) is 1. The molecule has 7 heteroatoms. The number of hydrogen-bond acceptors (Lipinski definition) is 4. The van der Waals surface area contributed by atoms with E-state index in [-0.39, 0.29) is 7.43 Å². The third kappa shape index (κ3) is 12.7. The highest BCUT2D eigenvalue weighted by Crippen LogP contribution is 2.17. The number of rotatable bonds is 3. The van der Waals surface area contributed by atoms with Crippen molar-refractivity contribution in [2.24, 2.45) is 0 Å². The second kappa shape index (κ2) is 12.0. The largest absolute Gasteiger partial charge is 0.265 e. The zero-order chi connectivity index (χ0) is 18.0. The van der Waals surface area contributed by atoms with Crippen LogP contribution in [0.25, 0.3) is 0 Å². The minimum absolute atomic E-state index is 0. The highest BCUT2D eigenvalue weighted by Gasteiger charge is 2.23. The normalized spacial score (nSPS) is 10.2. The molecule has 0 bridgehead atoms. The molecule has 0 heterocycles. The molecule has 0 unspecified atom stereocenters. The van der Waals surface area contributed by atoms with Crippen LogP contribution in [0.3, 0.4) is 0 Å². The summed E-state index contributed by atoms with van der Waals surface area (Å²) in [5.74, 6) is 0. The summed E-state index contributed by atoms with van der Waals surface area (Å²) in [6, 6.07) is 7.09. The topological polar surface area (TPSA) is 89.3 Å². The molecule has 6 nitrogen and oxygen atoms in total. The van der Waals surface area contributed by atoms with Gasteiger partial charge in [-0.2, -0.15) is 0 Å². The van der Waals surface area contributed by atoms with Crippen LogP contribution in [0, 0.1) is 10.1 Å². The molecular weight excluding hydrogens is 316 g/mol. The minimum Gasteiger partial charge on any atom is -0.265 e. The number of sulfonamides is 1. The van der Waals surface area contributed by atoms with E-state index in [0.717, 1.165) is 12.6 Å². The number of nitro groups is 1. The lowest BCUT2D eigenvalue weighted by Gasteiger charge is -2.21. The highest BCUT2D eigenvalue weighted by atomic mass is 32.2. The van der Waals surface area contributed by atoms with Crippen LogP contribution in [0.4, 0.5) is 0 Å². The van der Waals surface area contributed by atoms with Crippen LogP contribution in [0.15, 0.2) is 29.2 Å². The van der Waals surface area contributed by atoms with E-state index in [4.69, 9.17) is 10.1 Å². The van der Waals surface area contributed by atoms with E-state index < -0.39 is 20.5 Å². The molecule has 0 atom stereocenters. The van der Waals surface area contributed by atoms with Gasteiger partial charge < -0.3 is 0 Å². The maximum absolute atomic E-state index is 12.1. The van der Waals surface area contributed by atoms with Gasteiger partial charge in [0.1, 0.15) is 0 Å². The van der Waals surface area contributed by atoms with Gasteiger partial charge in [-0.15, -0.1) is 0 Å². The van der Waals surface area contributed by atoms with E-state index in [1.165, 1.54) is 0 Å². The lowest BCUT2D eigenvalue weighted by molar-refractivity contribution is -0.445. The molecule has 0 aromatic heterocycles. The molecule has 0 amide bonds. The Morgan fingerprint density at radius 1 is 1.17 bits per heavy atom. The third-order valence-electron chi connectivity index (χ3n) is 2.08. The summed E-state index contributed by atoms with van der Waals surface area (Å²) >= 11 is 0. The van der Waals surface area contributed by atoms with Gasteiger partial charge in [-0.1, -0.05) is 46.4 Å². The first-order chi connectivity index (χ1) is 9.99.